The van der Waals surface area contributed by atoms with Gasteiger partial charge < -0.3 is 20.5 Å². The molecule has 1 aromatic rings. The predicted octanol–water partition coefficient (Wildman–Crippen LogP) is 2.04. The molecule has 0 spiro atoms. The van der Waals surface area contributed by atoms with E-state index in [1.54, 1.807) is 12.1 Å². The van der Waals surface area contributed by atoms with Crippen LogP contribution < -0.4 is 10.6 Å². The van der Waals surface area contributed by atoms with Crippen molar-refractivity contribution in [1.82, 2.24) is 10.6 Å². The number of hydrogen-bond donors (Lipinski definition) is 3. The lowest BCUT2D eigenvalue weighted by atomic mass is 10.1. The van der Waals surface area contributed by atoms with Gasteiger partial charge in [-0.15, -0.1) is 0 Å². The van der Waals surface area contributed by atoms with Crippen LogP contribution in [0.1, 0.15) is 29.6 Å². The fourth-order valence-corrected chi connectivity index (χ4v) is 2.49. The molecule has 0 atom stereocenters. The van der Waals surface area contributed by atoms with Gasteiger partial charge in [-0.3, -0.25) is 4.79 Å². The molecule has 0 saturated carbocycles. The van der Waals surface area contributed by atoms with E-state index in [1.165, 1.54) is 6.07 Å². The summed E-state index contributed by atoms with van der Waals surface area (Å²) in [4.78, 5) is 11.9. The van der Waals surface area contributed by atoms with Gasteiger partial charge in [0.25, 0.3) is 5.91 Å². The van der Waals surface area contributed by atoms with Crippen LogP contribution in [0.3, 0.4) is 0 Å². The van der Waals surface area contributed by atoms with E-state index in [0.717, 1.165) is 32.4 Å². The van der Waals surface area contributed by atoms with E-state index in [-0.39, 0.29) is 11.7 Å². The number of nitrogens with one attached hydrogen (secondary N) is 2. The molecule has 2 rings (SSSR count). The quantitative estimate of drug-likeness (QED) is 0.682. The zero-order valence-electron chi connectivity index (χ0n) is 11.9. The highest BCUT2D eigenvalue weighted by Crippen LogP contribution is 2.24. The van der Waals surface area contributed by atoms with Crippen LogP contribution in [0.5, 0.6) is 5.75 Å². The maximum absolute atomic E-state index is 11.9. The molecule has 116 valence electrons. The van der Waals surface area contributed by atoms with Gasteiger partial charge in [0, 0.05) is 18.7 Å². The molecule has 0 aliphatic carbocycles. The Morgan fingerprint density at radius 3 is 2.90 bits per heavy atom. The van der Waals surface area contributed by atoms with Crippen molar-refractivity contribution >= 4 is 21.8 Å². The number of carbonyl (C=O) groups is 1. The fourth-order valence-electron chi connectivity index (χ4n) is 2.24. The van der Waals surface area contributed by atoms with Crippen molar-refractivity contribution < 1.29 is 14.6 Å². The van der Waals surface area contributed by atoms with Crippen molar-refractivity contribution in [3.05, 3.63) is 28.2 Å². The molecule has 1 fully saturated rings. The lowest BCUT2D eigenvalue weighted by Crippen LogP contribution is -2.33. The first kappa shape index (κ1) is 16.3. The molecule has 1 aliphatic rings. The summed E-state index contributed by atoms with van der Waals surface area (Å²) in [5, 5.41) is 15.7. The lowest BCUT2D eigenvalue weighted by Gasteiger charge is -2.22. The lowest BCUT2D eigenvalue weighted by molar-refractivity contribution is 0.0318. The largest absolute Gasteiger partial charge is 0.507 e. The molecule has 1 heterocycles. The van der Waals surface area contributed by atoms with Crippen molar-refractivity contribution in [2.45, 2.75) is 25.4 Å². The second-order valence-corrected chi connectivity index (χ2v) is 5.95. The number of phenols is 1. The van der Waals surface area contributed by atoms with E-state index in [2.05, 4.69) is 26.6 Å². The number of carbonyl (C=O) groups excluding carboxylic acids is 1. The molecule has 1 saturated heterocycles. The van der Waals surface area contributed by atoms with E-state index in [0.29, 0.717) is 29.3 Å². The summed E-state index contributed by atoms with van der Waals surface area (Å²) in [6.45, 7) is 3.28. The van der Waals surface area contributed by atoms with Gasteiger partial charge in [-0.2, -0.15) is 0 Å². The Bertz CT molecular complexity index is 476. The summed E-state index contributed by atoms with van der Waals surface area (Å²) >= 11 is 3.19. The van der Waals surface area contributed by atoms with Crippen molar-refractivity contribution in [3.8, 4) is 5.75 Å². The number of aromatic hydroxyl groups is 1. The third-order valence-electron chi connectivity index (χ3n) is 3.45. The molecule has 1 amide bonds. The van der Waals surface area contributed by atoms with Crippen molar-refractivity contribution in [1.29, 1.82) is 0 Å². The third kappa shape index (κ3) is 5.30. The average Bonchev–Trinajstić information content (AvgIpc) is 2.50. The summed E-state index contributed by atoms with van der Waals surface area (Å²) in [5.41, 5.74) is 0.454. The van der Waals surface area contributed by atoms with E-state index >= 15 is 0 Å². The Kier molecular flexibility index (Phi) is 6.48. The molecular weight excluding hydrogens is 336 g/mol. The second-order valence-electron chi connectivity index (χ2n) is 5.10. The highest BCUT2D eigenvalue weighted by molar-refractivity contribution is 9.10. The number of rotatable bonds is 6. The van der Waals surface area contributed by atoms with Gasteiger partial charge in [-0.25, -0.2) is 0 Å². The Balaban J connectivity index is 1.63. The maximum Gasteiger partial charge on any atom is 0.251 e. The Morgan fingerprint density at radius 2 is 2.19 bits per heavy atom. The first-order valence-electron chi connectivity index (χ1n) is 7.26. The minimum absolute atomic E-state index is 0.0666. The molecule has 0 bridgehead atoms. The van der Waals surface area contributed by atoms with Crippen LogP contribution in [-0.2, 0) is 4.74 Å². The van der Waals surface area contributed by atoms with Gasteiger partial charge in [-0.05, 0) is 66.5 Å². The molecule has 0 unspecified atom stereocenters. The monoisotopic (exact) mass is 356 g/mol. The number of ether oxygens (including phenoxy) is 1. The van der Waals surface area contributed by atoms with Crippen LogP contribution in [0, 0.1) is 0 Å². The Hall–Kier alpha value is -1.11. The highest BCUT2D eigenvalue weighted by Gasteiger charge is 2.12. The molecular formula is C15H21BrN2O3. The van der Waals surface area contributed by atoms with Crippen molar-refractivity contribution in [2.24, 2.45) is 0 Å². The van der Waals surface area contributed by atoms with Crippen molar-refractivity contribution in [3.63, 3.8) is 0 Å². The SMILES string of the molecule is O=C(NCCCOC1CCNCC1)c1ccc(Br)c(O)c1. The maximum atomic E-state index is 11.9. The van der Waals surface area contributed by atoms with Crippen LogP contribution in [0.25, 0.3) is 0 Å². The van der Waals surface area contributed by atoms with Gasteiger partial charge >= 0.3 is 0 Å². The number of amides is 1. The smallest absolute Gasteiger partial charge is 0.251 e. The normalized spacial score (nSPS) is 15.9. The molecule has 1 aliphatic heterocycles. The third-order valence-corrected chi connectivity index (χ3v) is 4.13. The zero-order chi connectivity index (χ0) is 15.1. The van der Waals surface area contributed by atoms with Gasteiger partial charge in [0.05, 0.1) is 10.6 Å². The number of phenolic OH excluding ortho intramolecular Hbond substituents is 1. The van der Waals surface area contributed by atoms with Crippen LogP contribution >= 0.6 is 15.9 Å². The van der Waals surface area contributed by atoms with Gasteiger partial charge in [0.1, 0.15) is 5.75 Å². The molecule has 0 aromatic heterocycles. The topological polar surface area (TPSA) is 70.6 Å². The van der Waals surface area contributed by atoms with E-state index in [9.17, 15) is 9.90 Å². The average molecular weight is 357 g/mol. The van der Waals surface area contributed by atoms with Crippen LogP contribution in [0.15, 0.2) is 22.7 Å². The van der Waals surface area contributed by atoms with Gasteiger partial charge in [-0.1, -0.05) is 0 Å². The first-order valence-corrected chi connectivity index (χ1v) is 8.05. The minimum atomic E-state index is -0.181. The number of halogens is 1. The van der Waals surface area contributed by atoms with Crippen LogP contribution in [0.2, 0.25) is 0 Å². The summed E-state index contributed by atoms with van der Waals surface area (Å²) < 4.78 is 6.35. The van der Waals surface area contributed by atoms with Gasteiger partial charge in [0.15, 0.2) is 0 Å². The summed E-state index contributed by atoms with van der Waals surface area (Å²) in [7, 11) is 0. The predicted molar refractivity (Wildman–Crippen MR) is 84.6 cm³/mol. The number of hydrogen-bond acceptors (Lipinski definition) is 4. The zero-order valence-corrected chi connectivity index (χ0v) is 13.5. The molecule has 0 radical (unpaired) electrons. The van der Waals surface area contributed by atoms with Crippen LogP contribution in [-0.4, -0.2) is 43.4 Å². The van der Waals surface area contributed by atoms with Crippen molar-refractivity contribution in [2.75, 3.05) is 26.2 Å². The molecule has 5 nitrogen and oxygen atoms in total. The molecule has 6 heteroatoms. The molecule has 1 aromatic carbocycles. The van der Waals surface area contributed by atoms with E-state index < -0.39 is 0 Å². The number of piperidine rings is 1. The van der Waals surface area contributed by atoms with Crippen LogP contribution in [0.4, 0.5) is 0 Å². The summed E-state index contributed by atoms with van der Waals surface area (Å²) in [6, 6.07) is 4.78. The molecule has 3 N–H and O–H groups in total. The number of benzene rings is 1. The summed E-state index contributed by atoms with van der Waals surface area (Å²) in [6.07, 6.45) is 3.26. The Labute approximate surface area is 133 Å². The second kappa shape index (κ2) is 8.36. The minimum Gasteiger partial charge on any atom is -0.507 e. The van der Waals surface area contributed by atoms with E-state index in [1.807, 2.05) is 0 Å². The van der Waals surface area contributed by atoms with Gasteiger partial charge in [0.2, 0.25) is 0 Å². The highest BCUT2D eigenvalue weighted by atomic mass is 79.9. The summed E-state index contributed by atoms with van der Waals surface area (Å²) in [5.74, 6) is -0.114. The standard InChI is InChI=1S/C15H21BrN2O3/c16-13-3-2-11(10-14(13)19)15(20)18-6-1-9-21-12-4-7-17-8-5-12/h2-3,10,12,17,19H,1,4-9H2,(H,18,20). The molecule has 21 heavy (non-hydrogen) atoms. The fraction of sp³-hybridized carbons (Fsp3) is 0.533. The Morgan fingerprint density at radius 1 is 1.43 bits per heavy atom. The van der Waals surface area contributed by atoms with E-state index in [4.69, 9.17) is 4.74 Å². The first-order chi connectivity index (χ1) is 10.2.